The van der Waals surface area contributed by atoms with E-state index in [4.69, 9.17) is 9.72 Å². The van der Waals surface area contributed by atoms with E-state index in [0.29, 0.717) is 16.7 Å². The number of benzene rings is 4. The summed E-state index contributed by atoms with van der Waals surface area (Å²) in [7, 11) is 0. The topological polar surface area (TPSA) is 59.9 Å². The van der Waals surface area contributed by atoms with Crippen LogP contribution in [0, 0.1) is 6.92 Å². The molecule has 1 aliphatic rings. The standard InChI is InChI=1S/C28H22N4OS/c1-18-13-15-19(16-14-18)17-34-28-30-27-25(31-32-28)23-10-4-5-12-24(23)29-26(33-27)22-11-6-8-20-7-2-3-9-21(20)22/h2-16,26,29H,17H2,1H3. The van der Waals surface area contributed by atoms with Crippen LogP contribution >= 0.6 is 11.8 Å². The van der Waals surface area contributed by atoms with Crippen LogP contribution in [0.3, 0.4) is 0 Å². The third-order valence-corrected chi connectivity index (χ3v) is 6.84. The lowest BCUT2D eigenvalue weighted by molar-refractivity contribution is 0.226. The molecule has 4 aromatic carbocycles. The lowest BCUT2D eigenvalue weighted by Gasteiger charge is -2.21. The van der Waals surface area contributed by atoms with Gasteiger partial charge in [-0.15, -0.1) is 10.2 Å². The smallest absolute Gasteiger partial charge is 0.247 e. The van der Waals surface area contributed by atoms with Crippen molar-refractivity contribution in [3.63, 3.8) is 0 Å². The highest BCUT2D eigenvalue weighted by atomic mass is 32.2. The van der Waals surface area contributed by atoms with Gasteiger partial charge in [0, 0.05) is 22.6 Å². The Morgan fingerprint density at radius 1 is 0.853 bits per heavy atom. The van der Waals surface area contributed by atoms with Crippen LogP contribution in [0.15, 0.2) is 96.2 Å². The highest BCUT2D eigenvalue weighted by molar-refractivity contribution is 7.98. The maximum atomic E-state index is 6.50. The minimum atomic E-state index is -0.417. The van der Waals surface area contributed by atoms with Crippen LogP contribution in [-0.4, -0.2) is 15.2 Å². The van der Waals surface area contributed by atoms with Crippen molar-refractivity contribution in [3.8, 4) is 17.1 Å². The third kappa shape index (κ3) is 3.97. The number of hydrogen-bond donors (Lipinski definition) is 1. The molecule has 34 heavy (non-hydrogen) atoms. The Morgan fingerprint density at radius 2 is 1.65 bits per heavy atom. The van der Waals surface area contributed by atoms with Crippen molar-refractivity contribution in [2.75, 3.05) is 5.32 Å². The first-order valence-electron chi connectivity index (χ1n) is 11.2. The summed E-state index contributed by atoms with van der Waals surface area (Å²) in [6.07, 6.45) is -0.417. The summed E-state index contributed by atoms with van der Waals surface area (Å²) < 4.78 is 6.50. The van der Waals surface area contributed by atoms with Crippen molar-refractivity contribution in [2.45, 2.75) is 24.1 Å². The SMILES string of the molecule is Cc1ccc(CSc2nnc3c(n2)OC(c2cccc4ccccc24)Nc2ccccc2-3)cc1. The van der Waals surface area contributed by atoms with Crippen molar-refractivity contribution >= 4 is 28.2 Å². The van der Waals surface area contributed by atoms with E-state index in [1.807, 2.05) is 36.4 Å². The molecule has 0 bridgehead atoms. The van der Waals surface area contributed by atoms with E-state index in [1.54, 1.807) is 11.8 Å². The summed E-state index contributed by atoms with van der Waals surface area (Å²) in [5.41, 5.74) is 6.02. The molecule has 5 aromatic rings. The molecule has 0 saturated carbocycles. The summed E-state index contributed by atoms with van der Waals surface area (Å²) in [6.45, 7) is 2.09. The molecule has 0 fully saturated rings. The summed E-state index contributed by atoms with van der Waals surface area (Å²) in [4.78, 5) is 4.79. The molecule has 0 amide bonds. The van der Waals surface area contributed by atoms with Crippen LogP contribution in [0.25, 0.3) is 22.0 Å². The second kappa shape index (κ2) is 8.80. The van der Waals surface area contributed by atoms with Gasteiger partial charge in [0.15, 0.2) is 11.9 Å². The number of aryl methyl sites for hydroxylation is 1. The lowest BCUT2D eigenvalue weighted by Crippen LogP contribution is -2.17. The van der Waals surface area contributed by atoms with Crippen LogP contribution < -0.4 is 10.1 Å². The molecule has 6 heteroatoms. The predicted octanol–water partition coefficient (Wildman–Crippen LogP) is 6.80. The Hall–Kier alpha value is -3.90. The van der Waals surface area contributed by atoms with Crippen molar-refractivity contribution < 1.29 is 4.74 Å². The fourth-order valence-electron chi connectivity index (χ4n) is 4.16. The van der Waals surface area contributed by atoms with Gasteiger partial charge < -0.3 is 10.1 Å². The molecule has 0 radical (unpaired) electrons. The minimum absolute atomic E-state index is 0.417. The van der Waals surface area contributed by atoms with E-state index in [1.165, 1.54) is 16.5 Å². The number of fused-ring (bicyclic) bond motifs is 4. The Bertz CT molecular complexity index is 1480. The molecule has 6 rings (SSSR count). The van der Waals surface area contributed by atoms with E-state index < -0.39 is 6.23 Å². The zero-order valence-electron chi connectivity index (χ0n) is 18.6. The maximum Gasteiger partial charge on any atom is 0.247 e. The van der Waals surface area contributed by atoms with Crippen LogP contribution in [0.5, 0.6) is 5.88 Å². The van der Waals surface area contributed by atoms with Crippen LogP contribution in [0.4, 0.5) is 5.69 Å². The number of anilines is 1. The highest BCUT2D eigenvalue weighted by Gasteiger charge is 2.27. The second-order valence-electron chi connectivity index (χ2n) is 8.28. The van der Waals surface area contributed by atoms with Crippen molar-refractivity contribution in [1.29, 1.82) is 0 Å². The van der Waals surface area contributed by atoms with Gasteiger partial charge in [0.1, 0.15) is 0 Å². The van der Waals surface area contributed by atoms with Gasteiger partial charge in [-0.1, -0.05) is 102 Å². The second-order valence-corrected chi connectivity index (χ2v) is 9.22. The van der Waals surface area contributed by atoms with Gasteiger partial charge in [-0.2, -0.15) is 4.98 Å². The first-order chi connectivity index (χ1) is 16.7. The molecule has 1 unspecified atom stereocenters. The number of rotatable bonds is 4. The molecule has 1 aromatic heterocycles. The number of nitrogens with one attached hydrogen (secondary N) is 1. The van der Waals surface area contributed by atoms with Gasteiger partial charge in [0.25, 0.3) is 0 Å². The van der Waals surface area contributed by atoms with Gasteiger partial charge in [0.05, 0.1) is 0 Å². The van der Waals surface area contributed by atoms with Crippen molar-refractivity contribution in [1.82, 2.24) is 15.2 Å². The molecule has 0 spiro atoms. The largest absolute Gasteiger partial charge is 0.448 e. The molecule has 166 valence electrons. The van der Waals surface area contributed by atoms with Crippen LogP contribution in [-0.2, 0) is 5.75 Å². The quantitative estimate of drug-likeness (QED) is 0.297. The average molecular weight is 463 g/mol. The number of aromatic nitrogens is 3. The molecule has 1 atom stereocenters. The van der Waals surface area contributed by atoms with Gasteiger partial charge in [-0.3, -0.25) is 0 Å². The number of hydrogen-bond acceptors (Lipinski definition) is 6. The predicted molar refractivity (Wildman–Crippen MR) is 137 cm³/mol. The fourth-order valence-corrected chi connectivity index (χ4v) is 4.89. The Labute approximate surface area is 202 Å². The molecule has 1 aliphatic heterocycles. The molecule has 0 saturated heterocycles. The lowest BCUT2D eigenvalue weighted by atomic mass is 10.0. The Balaban J connectivity index is 1.39. The average Bonchev–Trinajstić information content (AvgIpc) is 3.04. The van der Waals surface area contributed by atoms with Gasteiger partial charge in [-0.05, 0) is 29.3 Å². The van der Waals surface area contributed by atoms with Crippen LogP contribution in [0.1, 0.15) is 22.9 Å². The molecule has 0 aliphatic carbocycles. The molecule has 1 N–H and O–H groups in total. The molecule has 2 heterocycles. The molecular formula is C28H22N4OS. The summed E-state index contributed by atoms with van der Waals surface area (Å²) in [5, 5.41) is 15.4. The van der Waals surface area contributed by atoms with Gasteiger partial charge in [0.2, 0.25) is 11.0 Å². The first-order valence-corrected chi connectivity index (χ1v) is 12.2. The maximum absolute atomic E-state index is 6.50. The fraction of sp³-hybridized carbons (Fsp3) is 0.107. The number of thioether (sulfide) groups is 1. The summed E-state index contributed by atoms with van der Waals surface area (Å²) >= 11 is 1.55. The number of nitrogens with zero attached hydrogens (tertiary/aromatic N) is 3. The van der Waals surface area contributed by atoms with E-state index in [-0.39, 0.29) is 0 Å². The summed E-state index contributed by atoms with van der Waals surface area (Å²) in [6, 6.07) is 31.1. The molecule has 5 nitrogen and oxygen atoms in total. The highest BCUT2D eigenvalue weighted by Crippen LogP contribution is 2.40. The zero-order chi connectivity index (χ0) is 22.9. The minimum Gasteiger partial charge on any atom is -0.448 e. The van der Waals surface area contributed by atoms with E-state index in [9.17, 15) is 0 Å². The number of para-hydroxylation sites is 1. The van der Waals surface area contributed by atoms with Crippen molar-refractivity contribution in [2.24, 2.45) is 0 Å². The van der Waals surface area contributed by atoms with Gasteiger partial charge >= 0.3 is 0 Å². The van der Waals surface area contributed by atoms with E-state index in [0.717, 1.165) is 28.0 Å². The van der Waals surface area contributed by atoms with Crippen molar-refractivity contribution in [3.05, 3.63) is 108 Å². The van der Waals surface area contributed by atoms with E-state index in [2.05, 4.69) is 77.0 Å². The third-order valence-electron chi connectivity index (χ3n) is 5.93. The monoisotopic (exact) mass is 462 g/mol. The Kier molecular flexibility index (Phi) is 5.35. The summed E-state index contributed by atoms with van der Waals surface area (Å²) in [5.74, 6) is 1.25. The zero-order valence-corrected chi connectivity index (χ0v) is 19.4. The van der Waals surface area contributed by atoms with Gasteiger partial charge in [-0.25, -0.2) is 0 Å². The first kappa shape index (κ1) is 20.7. The Morgan fingerprint density at radius 3 is 2.56 bits per heavy atom. The number of ether oxygens (including phenoxy) is 1. The van der Waals surface area contributed by atoms with E-state index >= 15 is 0 Å². The van der Waals surface area contributed by atoms with Crippen LogP contribution in [0.2, 0.25) is 0 Å². The normalized spacial score (nSPS) is 14.4. The molecular weight excluding hydrogens is 440 g/mol.